The monoisotopic (exact) mass is 607 g/mol. The fourth-order valence-corrected chi connectivity index (χ4v) is 5.41. The lowest BCUT2D eigenvalue weighted by atomic mass is 10.00. The number of carbonyl (C=O) groups is 1. The minimum atomic E-state index is -5.00. The quantitative estimate of drug-likeness (QED) is 0.329. The Labute approximate surface area is 245 Å². The van der Waals surface area contributed by atoms with Crippen LogP contribution in [-0.2, 0) is 18.9 Å². The molecule has 0 bridgehead atoms. The van der Waals surface area contributed by atoms with Crippen LogP contribution in [0.15, 0.2) is 42.5 Å². The van der Waals surface area contributed by atoms with Gasteiger partial charge in [0, 0.05) is 37.8 Å². The maximum absolute atomic E-state index is 14.1. The first kappa shape index (κ1) is 30.6. The maximum Gasteiger partial charge on any atom is 0.416 e. The van der Waals surface area contributed by atoms with Crippen molar-refractivity contribution in [3.63, 3.8) is 0 Å². The molecule has 2 aromatic carbocycles. The molecule has 3 aromatic rings. The zero-order valence-electron chi connectivity index (χ0n) is 23.9. The first-order valence-corrected chi connectivity index (χ1v) is 13.8. The molecule has 7 nitrogen and oxygen atoms in total. The first-order valence-electron chi connectivity index (χ1n) is 13.8. The molecule has 1 unspecified atom stereocenters. The predicted octanol–water partition coefficient (Wildman–Crippen LogP) is 6.05. The number of aryl methyl sites for hydroxylation is 1. The number of hydrogen-bond donors (Lipinski definition) is 0. The minimum Gasteiger partial charge on any atom is -0.477 e. The van der Waals surface area contributed by atoms with E-state index in [2.05, 4.69) is 9.88 Å². The number of ether oxygens (including phenoxy) is 1. The van der Waals surface area contributed by atoms with Crippen molar-refractivity contribution >= 4 is 11.9 Å². The largest absolute Gasteiger partial charge is 0.477 e. The molecule has 0 aliphatic carbocycles. The molecule has 5 rings (SSSR count). The molecule has 13 heteroatoms. The molecule has 0 saturated carbocycles. The lowest BCUT2D eigenvalue weighted by molar-refractivity contribution is -0.143. The zero-order valence-corrected chi connectivity index (χ0v) is 23.9. The molecule has 230 valence electrons. The smallest absolute Gasteiger partial charge is 0.416 e. The third-order valence-electron chi connectivity index (χ3n) is 7.77. The number of amides is 1. The molecule has 0 radical (unpaired) electrons. The van der Waals surface area contributed by atoms with E-state index in [0.29, 0.717) is 48.8 Å². The van der Waals surface area contributed by atoms with Gasteiger partial charge in [-0.15, -0.1) is 0 Å². The van der Waals surface area contributed by atoms with E-state index >= 15 is 0 Å². The molecule has 43 heavy (non-hydrogen) atoms. The molecule has 2 aliphatic rings. The second-order valence-corrected chi connectivity index (χ2v) is 11.1. The number of hydrogen-bond acceptors (Lipinski definition) is 6. The molecule has 1 fully saturated rings. The number of alkyl halides is 6. The van der Waals surface area contributed by atoms with Crippen molar-refractivity contribution in [1.82, 2.24) is 19.8 Å². The Hall–Kier alpha value is -3.87. The summed E-state index contributed by atoms with van der Waals surface area (Å²) in [6.07, 6.45) is -8.82. The van der Waals surface area contributed by atoms with Gasteiger partial charge in [0.2, 0.25) is 11.8 Å². The second kappa shape index (κ2) is 11.7. The van der Waals surface area contributed by atoms with Gasteiger partial charge < -0.3 is 19.4 Å². The molecule has 3 heterocycles. The number of anilines is 1. The van der Waals surface area contributed by atoms with Crippen LogP contribution in [-0.4, -0.2) is 72.1 Å². The highest BCUT2D eigenvalue weighted by Gasteiger charge is 2.38. The summed E-state index contributed by atoms with van der Waals surface area (Å²) in [5, 5.41) is 0. The summed E-state index contributed by atoms with van der Waals surface area (Å²) in [7, 11) is 3.99. The zero-order chi connectivity index (χ0) is 31.1. The van der Waals surface area contributed by atoms with E-state index in [1.165, 1.54) is 4.90 Å². The van der Waals surface area contributed by atoms with Gasteiger partial charge in [0.1, 0.15) is 5.56 Å². The van der Waals surface area contributed by atoms with Crippen molar-refractivity contribution < 1.29 is 35.9 Å². The summed E-state index contributed by atoms with van der Waals surface area (Å²) in [4.78, 5) is 28.9. The normalized spacial score (nSPS) is 18.0. The van der Waals surface area contributed by atoms with Gasteiger partial charge in [-0.05, 0) is 63.2 Å². The van der Waals surface area contributed by atoms with Crippen LogP contribution < -0.4 is 9.64 Å². The van der Waals surface area contributed by atoms with Crippen LogP contribution in [0, 0.1) is 6.92 Å². The number of halogens is 6. The molecule has 0 N–H and O–H groups in total. The number of likely N-dealkylation sites (N-methyl/N-ethyl adjacent to an activating group) is 1. The number of carbonyl (C=O) groups excluding carboxylic acids is 1. The van der Waals surface area contributed by atoms with Crippen molar-refractivity contribution in [1.29, 1.82) is 0 Å². The average molecular weight is 608 g/mol. The molecule has 1 aromatic heterocycles. The predicted molar refractivity (Wildman–Crippen MR) is 148 cm³/mol. The highest BCUT2D eigenvalue weighted by atomic mass is 19.4. The Morgan fingerprint density at radius 1 is 0.977 bits per heavy atom. The Morgan fingerprint density at radius 3 is 2.26 bits per heavy atom. The minimum absolute atomic E-state index is 0.0177. The van der Waals surface area contributed by atoms with Crippen LogP contribution in [0.4, 0.5) is 32.3 Å². The first-order chi connectivity index (χ1) is 20.2. The third kappa shape index (κ3) is 6.56. The van der Waals surface area contributed by atoms with E-state index in [0.717, 1.165) is 12.0 Å². The average Bonchev–Trinajstić information content (AvgIpc) is 3.43. The topological polar surface area (TPSA) is 61.8 Å². The summed E-state index contributed by atoms with van der Waals surface area (Å²) in [5.74, 6) is -0.224. The molecular formula is C30H31F6N5O2. The van der Waals surface area contributed by atoms with Gasteiger partial charge in [-0.1, -0.05) is 24.3 Å². The fraction of sp³-hybridized carbons (Fsp3) is 0.433. The van der Waals surface area contributed by atoms with Crippen LogP contribution in [0.3, 0.4) is 0 Å². The van der Waals surface area contributed by atoms with Gasteiger partial charge in [0.15, 0.2) is 0 Å². The van der Waals surface area contributed by atoms with Gasteiger partial charge >= 0.3 is 12.4 Å². The SMILES string of the molecule is Cc1ccccc1-c1nc(N2CCC(N(C)C)C2)nc2c1C(=O)N(Cc1cc(C(F)(F)F)cc(C(F)(F)F)c1)CCCO2. The van der Waals surface area contributed by atoms with Gasteiger partial charge in [-0.2, -0.15) is 31.3 Å². The maximum atomic E-state index is 14.1. The molecular weight excluding hydrogens is 576 g/mol. The molecule has 1 saturated heterocycles. The molecule has 1 atom stereocenters. The summed E-state index contributed by atoms with van der Waals surface area (Å²) >= 11 is 0. The van der Waals surface area contributed by atoms with Crippen molar-refractivity contribution in [2.45, 2.75) is 44.7 Å². The second-order valence-electron chi connectivity index (χ2n) is 11.1. The van der Waals surface area contributed by atoms with Crippen LogP contribution in [0.25, 0.3) is 11.3 Å². The van der Waals surface area contributed by atoms with Gasteiger partial charge in [-0.3, -0.25) is 4.79 Å². The van der Waals surface area contributed by atoms with Gasteiger partial charge in [0.05, 0.1) is 23.4 Å². The standard InChI is InChI=1S/C30H31F6N5O2/c1-18-7-4-5-8-23(18)25-24-26(38-28(37-25)41-11-9-22(17-41)39(2)3)43-12-6-10-40(27(24)42)16-19-13-20(29(31,32)33)15-21(14-19)30(34,35)36/h4-5,7-8,13-15,22H,6,9-12,16-17H2,1-3H3. The molecule has 0 spiro atoms. The fourth-order valence-electron chi connectivity index (χ4n) is 5.41. The van der Waals surface area contributed by atoms with E-state index in [1.807, 2.05) is 38.1 Å². The van der Waals surface area contributed by atoms with Crippen LogP contribution in [0.5, 0.6) is 5.88 Å². The van der Waals surface area contributed by atoms with Crippen molar-refractivity contribution in [2.75, 3.05) is 45.2 Å². The number of rotatable bonds is 5. The van der Waals surface area contributed by atoms with Crippen molar-refractivity contribution in [3.8, 4) is 17.1 Å². The van der Waals surface area contributed by atoms with Crippen LogP contribution in [0.1, 0.15) is 45.5 Å². The van der Waals surface area contributed by atoms with E-state index in [9.17, 15) is 31.1 Å². The van der Waals surface area contributed by atoms with Crippen LogP contribution in [0.2, 0.25) is 0 Å². The van der Waals surface area contributed by atoms with Gasteiger partial charge in [0.25, 0.3) is 5.91 Å². The Morgan fingerprint density at radius 2 is 1.65 bits per heavy atom. The summed E-state index contributed by atoms with van der Waals surface area (Å²) < 4.78 is 87.2. The Bertz CT molecular complexity index is 1480. The lowest BCUT2D eigenvalue weighted by Crippen LogP contribution is -2.36. The van der Waals surface area contributed by atoms with Crippen LogP contribution >= 0.6 is 0 Å². The number of fused-ring (bicyclic) bond motifs is 1. The van der Waals surface area contributed by atoms with Crippen molar-refractivity contribution in [2.24, 2.45) is 0 Å². The van der Waals surface area contributed by atoms with E-state index in [-0.39, 0.29) is 42.3 Å². The molecule has 2 aliphatic heterocycles. The van der Waals surface area contributed by atoms with Gasteiger partial charge in [-0.25, -0.2) is 4.98 Å². The summed E-state index contributed by atoms with van der Waals surface area (Å²) in [6.45, 7) is 2.91. The van der Waals surface area contributed by atoms with Crippen molar-refractivity contribution in [3.05, 3.63) is 70.3 Å². The van der Waals surface area contributed by atoms with E-state index in [1.54, 1.807) is 12.1 Å². The van der Waals surface area contributed by atoms with E-state index in [4.69, 9.17) is 9.72 Å². The van der Waals surface area contributed by atoms with E-state index < -0.39 is 35.9 Å². The summed E-state index contributed by atoms with van der Waals surface area (Å²) in [5.41, 5.74) is -1.39. The lowest BCUT2D eigenvalue weighted by Gasteiger charge is -2.29. The number of aromatic nitrogens is 2. The Balaban J connectivity index is 1.59. The number of benzene rings is 2. The number of nitrogens with zero attached hydrogens (tertiary/aromatic N) is 5. The highest BCUT2D eigenvalue weighted by molar-refractivity contribution is 6.02. The third-order valence-corrected chi connectivity index (χ3v) is 7.77. The molecule has 1 amide bonds. The summed E-state index contributed by atoms with van der Waals surface area (Å²) in [6, 6.07) is 8.93. The highest BCUT2D eigenvalue weighted by Crippen LogP contribution is 2.38. The Kier molecular flexibility index (Phi) is 8.30.